The van der Waals surface area contributed by atoms with Crippen molar-refractivity contribution in [3.05, 3.63) is 70.4 Å². The van der Waals surface area contributed by atoms with Gasteiger partial charge in [0, 0.05) is 36.5 Å². The van der Waals surface area contributed by atoms with Crippen LogP contribution >= 0.6 is 11.8 Å². The van der Waals surface area contributed by atoms with Crippen molar-refractivity contribution in [3.8, 4) is 16.9 Å². The Morgan fingerprint density at radius 3 is 2.53 bits per heavy atom. The summed E-state index contributed by atoms with van der Waals surface area (Å²) in [6.07, 6.45) is -0.102. The van der Waals surface area contributed by atoms with Gasteiger partial charge >= 0.3 is 6.18 Å². The quantitative estimate of drug-likeness (QED) is 0.256. The molecule has 3 aromatic rings. The third-order valence-corrected chi connectivity index (χ3v) is 6.48. The van der Waals surface area contributed by atoms with Gasteiger partial charge in [0.2, 0.25) is 5.91 Å². The number of halogens is 3. The minimum atomic E-state index is -4.54. The number of carbonyl (C=O) groups is 1. The van der Waals surface area contributed by atoms with Crippen LogP contribution < -0.4 is 0 Å². The number of hydrogen-bond acceptors (Lipinski definition) is 5. The molecule has 2 heterocycles. The molecule has 0 saturated carbocycles. The summed E-state index contributed by atoms with van der Waals surface area (Å²) in [5.74, 6) is 0.0323. The van der Waals surface area contributed by atoms with E-state index in [-0.39, 0.29) is 23.0 Å². The van der Waals surface area contributed by atoms with E-state index in [0.29, 0.717) is 29.5 Å². The van der Waals surface area contributed by atoms with Crippen molar-refractivity contribution >= 4 is 23.4 Å². The molecule has 1 saturated heterocycles. The number of likely N-dealkylation sites (tertiary alicyclic amines) is 1. The molecular weight excluding hydrogens is 469 g/mol. The highest BCUT2D eigenvalue weighted by Gasteiger charge is 2.31. The Bertz CT molecular complexity index is 1210. The molecule has 7 nitrogen and oxygen atoms in total. The molecule has 1 amide bonds. The molecule has 4 rings (SSSR count). The Hall–Kier alpha value is -3.34. The molecular formula is C23H21F3N4O3S. The van der Waals surface area contributed by atoms with Gasteiger partial charge in [-0.1, -0.05) is 30.0 Å². The summed E-state index contributed by atoms with van der Waals surface area (Å²) in [5, 5.41) is 11.6. The molecule has 1 aromatic heterocycles. The molecule has 2 aromatic carbocycles. The summed E-state index contributed by atoms with van der Waals surface area (Å²) in [7, 11) is 0. The van der Waals surface area contributed by atoms with E-state index in [2.05, 4.69) is 4.98 Å². The highest BCUT2D eigenvalue weighted by Crippen LogP contribution is 2.35. The molecule has 0 bridgehead atoms. The fraction of sp³-hybridized carbons (Fsp3) is 0.304. The Morgan fingerprint density at radius 2 is 1.82 bits per heavy atom. The smallest absolute Gasteiger partial charge is 0.342 e. The molecule has 1 aliphatic rings. The van der Waals surface area contributed by atoms with E-state index >= 15 is 0 Å². The van der Waals surface area contributed by atoms with Crippen LogP contribution in [-0.2, 0) is 11.0 Å². The SMILES string of the molecule is O=C(CSc1ncc(-c2cccc([N+](=O)[O-])c2)n1-c1cccc(C(F)(F)F)c1)N1CCCCC1. The number of alkyl halides is 3. The van der Waals surface area contributed by atoms with Crippen molar-refractivity contribution in [2.75, 3.05) is 18.8 Å². The van der Waals surface area contributed by atoms with Crippen LogP contribution in [0.4, 0.5) is 18.9 Å². The Labute approximate surface area is 197 Å². The van der Waals surface area contributed by atoms with E-state index in [4.69, 9.17) is 0 Å². The maximum Gasteiger partial charge on any atom is 0.416 e. The normalized spacial score (nSPS) is 14.3. The first-order valence-corrected chi connectivity index (χ1v) is 11.6. The molecule has 0 N–H and O–H groups in total. The number of benzene rings is 2. The van der Waals surface area contributed by atoms with Crippen LogP contribution in [0.15, 0.2) is 59.9 Å². The lowest BCUT2D eigenvalue weighted by Crippen LogP contribution is -2.36. The number of amides is 1. The van der Waals surface area contributed by atoms with Crippen LogP contribution in [0.1, 0.15) is 24.8 Å². The Morgan fingerprint density at radius 1 is 1.09 bits per heavy atom. The van der Waals surface area contributed by atoms with Gasteiger partial charge in [0.1, 0.15) is 0 Å². The number of hydrogen-bond donors (Lipinski definition) is 0. The van der Waals surface area contributed by atoms with Gasteiger partial charge in [-0.3, -0.25) is 19.5 Å². The second kappa shape index (κ2) is 9.88. The van der Waals surface area contributed by atoms with Crippen LogP contribution in [0, 0.1) is 10.1 Å². The highest BCUT2D eigenvalue weighted by molar-refractivity contribution is 7.99. The zero-order chi connectivity index (χ0) is 24.3. The van der Waals surface area contributed by atoms with Gasteiger partial charge in [-0.2, -0.15) is 13.2 Å². The highest BCUT2D eigenvalue weighted by atomic mass is 32.2. The molecule has 1 fully saturated rings. The fourth-order valence-electron chi connectivity index (χ4n) is 3.85. The number of piperidine rings is 1. The summed E-state index contributed by atoms with van der Waals surface area (Å²) >= 11 is 1.13. The number of aromatic nitrogens is 2. The molecule has 0 unspecified atom stereocenters. The van der Waals surface area contributed by atoms with Gasteiger partial charge in [0.25, 0.3) is 5.69 Å². The van der Waals surface area contributed by atoms with E-state index in [1.165, 1.54) is 41.1 Å². The van der Waals surface area contributed by atoms with E-state index < -0.39 is 16.7 Å². The van der Waals surface area contributed by atoms with Crippen LogP contribution in [0.2, 0.25) is 0 Å². The molecule has 1 aliphatic heterocycles. The number of nitro groups is 1. The molecule has 0 aliphatic carbocycles. The van der Waals surface area contributed by atoms with E-state index in [0.717, 1.165) is 43.2 Å². The maximum absolute atomic E-state index is 13.4. The predicted molar refractivity (Wildman–Crippen MR) is 122 cm³/mol. The van der Waals surface area contributed by atoms with E-state index in [1.54, 1.807) is 11.0 Å². The molecule has 0 radical (unpaired) electrons. The van der Waals surface area contributed by atoms with Gasteiger partial charge in [-0.15, -0.1) is 0 Å². The van der Waals surface area contributed by atoms with Crippen molar-refractivity contribution in [1.82, 2.24) is 14.5 Å². The summed E-state index contributed by atoms with van der Waals surface area (Å²) in [6.45, 7) is 1.39. The molecule has 11 heteroatoms. The zero-order valence-corrected chi connectivity index (χ0v) is 18.8. The average Bonchev–Trinajstić information content (AvgIpc) is 3.26. The summed E-state index contributed by atoms with van der Waals surface area (Å²) < 4.78 is 41.6. The fourth-order valence-corrected chi connectivity index (χ4v) is 4.75. The van der Waals surface area contributed by atoms with E-state index in [1.807, 2.05) is 0 Å². The first-order chi connectivity index (χ1) is 16.2. The summed E-state index contributed by atoms with van der Waals surface area (Å²) in [6, 6.07) is 10.6. The second-order valence-electron chi connectivity index (χ2n) is 7.85. The van der Waals surface area contributed by atoms with Crippen molar-refractivity contribution in [3.63, 3.8) is 0 Å². The van der Waals surface area contributed by atoms with Crippen molar-refractivity contribution < 1.29 is 22.9 Å². The van der Waals surface area contributed by atoms with Gasteiger partial charge in [-0.25, -0.2) is 4.98 Å². The minimum absolute atomic E-state index is 0.0554. The van der Waals surface area contributed by atoms with Crippen molar-refractivity contribution in [1.29, 1.82) is 0 Å². The van der Waals surface area contributed by atoms with Crippen LogP contribution in [-0.4, -0.2) is 44.1 Å². The Balaban J connectivity index is 1.73. The zero-order valence-electron chi connectivity index (χ0n) is 18.0. The van der Waals surface area contributed by atoms with Gasteiger partial charge in [0.15, 0.2) is 5.16 Å². The number of thioether (sulfide) groups is 1. The van der Waals surface area contributed by atoms with Crippen molar-refractivity contribution in [2.24, 2.45) is 0 Å². The standard InChI is InChI=1S/C23H21F3N4O3S/c24-23(25,26)17-7-5-8-18(13-17)29-20(16-6-4-9-19(12-16)30(32)33)14-27-22(29)34-15-21(31)28-10-2-1-3-11-28/h4-9,12-14H,1-3,10-11,15H2. The van der Waals surface area contributed by atoms with Gasteiger partial charge in [-0.05, 0) is 37.5 Å². The number of rotatable bonds is 6. The predicted octanol–water partition coefficient (Wildman–Crippen LogP) is 5.57. The lowest BCUT2D eigenvalue weighted by atomic mass is 10.1. The summed E-state index contributed by atoms with van der Waals surface area (Å²) in [5.41, 5.74) is 0.0267. The average molecular weight is 491 g/mol. The number of non-ortho nitro benzene ring substituents is 1. The van der Waals surface area contributed by atoms with Gasteiger partial charge < -0.3 is 4.90 Å². The molecule has 178 valence electrons. The molecule has 0 atom stereocenters. The van der Waals surface area contributed by atoms with Crippen LogP contribution in [0.25, 0.3) is 16.9 Å². The molecule has 0 spiro atoms. The maximum atomic E-state index is 13.4. The number of carbonyl (C=O) groups excluding carboxylic acids is 1. The van der Waals surface area contributed by atoms with Crippen LogP contribution in [0.5, 0.6) is 0 Å². The second-order valence-corrected chi connectivity index (χ2v) is 8.79. The number of imidazole rings is 1. The topological polar surface area (TPSA) is 81.3 Å². The monoisotopic (exact) mass is 490 g/mol. The summed E-state index contributed by atoms with van der Waals surface area (Å²) in [4.78, 5) is 29.5. The Kier molecular flexibility index (Phi) is 6.92. The number of nitrogens with zero attached hydrogens (tertiary/aromatic N) is 4. The third kappa shape index (κ3) is 5.24. The first-order valence-electron chi connectivity index (χ1n) is 10.6. The largest absolute Gasteiger partial charge is 0.416 e. The van der Waals surface area contributed by atoms with Crippen LogP contribution in [0.3, 0.4) is 0 Å². The minimum Gasteiger partial charge on any atom is -0.342 e. The lowest BCUT2D eigenvalue weighted by molar-refractivity contribution is -0.384. The number of nitro benzene ring substituents is 1. The first kappa shape index (κ1) is 23.8. The van der Waals surface area contributed by atoms with Gasteiger partial charge in [0.05, 0.1) is 28.1 Å². The lowest BCUT2D eigenvalue weighted by Gasteiger charge is -2.26. The third-order valence-electron chi connectivity index (χ3n) is 5.55. The van der Waals surface area contributed by atoms with E-state index in [9.17, 15) is 28.1 Å². The van der Waals surface area contributed by atoms with Crippen molar-refractivity contribution in [2.45, 2.75) is 30.6 Å². The molecule has 34 heavy (non-hydrogen) atoms.